The number of oxime groups is 1. The lowest BCUT2D eigenvalue weighted by Gasteiger charge is -2.15. The Morgan fingerprint density at radius 2 is 2.00 bits per heavy atom. The fourth-order valence-electron chi connectivity index (χ4n) is 1.80. The molecule has 1 aromatic carbocycles. The first-order chi connectivity index (χ1) is 11.0. The first-order valence-electron chi connectivity index (χ1n) is 6.66. The Morgan fingerprint density at radius 3 is 2.52 bits per heavy atom. The number of nitro groups is 1. The first kappa shape index (κ1) is 18.1. The molecule has 1 atom stereocenters. The van der Waals surface area contributed by atoms with Crippen LogP contribution in [0.3, 0.4) is 0 Å². The molecule has 124 valence electrons. The number of non-ortho nitro benzene ring substituents is 1. The van der Waals surface area contributed by atoms with Crippen LogP contribution >= 0.6 is 0 Å². The van der Waals surface area contributed by atoms with Crippen molar-refractivity contribution >= 4 is 23.8 Å². The van der Waals surface area contributed by atoms with Crippen LogP contribution in [0.15, 0.2) is 29.4 Å². The molecule has 0 aromatic heterocycles. The average Bonchev–Trinajstić information content (AvgIpc) is 2.56. The van der Waals surface area contributed by atoms with Gasteiger partial charge >= 0.3 is 5.97 Å². The molecule has 0 bridgehead atoms. The largest absolute Gasteiger partial charge is 0.467 e. The Bertz CT molecular complexity index is 585. The number of amides is 1. The highest BCUT2D eigenvalue weighted by atomic mass is 16.6. The van der Waals surface area contributed by atoms with Gasteiger partial charge in [0.15, 0.2) is 0 Å². The number of hydrogen-bond donors (Lipinski definition) is 1. The van der Waals surface area contributed by atoms with Gasteiger partial charge in [0.1, 0.15) is 19.4 Å². The van der Waals surface area contributed by atoms with Gasteiger partial charge in [0.05, 0.1) is 12.0 Å². The zero-order chi connectivity index (χ0) is 17.2. The summed E-state index contributed by atoms with van der Waals surface area (Å²) < 4.78 is 4.64. The van der Waals surface area contributed by atoms with E-state index in [0.29, 0.717) is 6.42 Å². The summed E-state index contributed by atoms with van der Waals surface area (Å²) in [5.41, 5.74) is 0.784. The molecule has 1 rings (SSSR count). The van der Waals surface area contributed by atoms with Crippen LogP contribution in [0.4, 0.5) is 5.69 Å². The lowest BCUT2D eigenvalue weighted by molar-refractivity contribution is -0.384. The second-order valence-electron chi connectivity index (χ2n) is 4.46. The number of hydrogen-bond acceptors (Lipinski definition) is 7. The van der Waals surface area contributed by atoms with Crippen LogP contribution < -0.4 is 5.32 Å². The van der Waals surface area contributed by atoms with Crippen molar-refractivity contribution < 1.29 is 24.1 Å². The summed E-state index contributed by atoms with van der Waals surface area (Å²) in [4.78, 5) is 37.7. The monoisotopic (exact) mass is 323 g/mol. The molecule has 0 unspecified atom stereocenters. The van der Waals surface area contributed by atoms with Crippen molar-refractivity contribution in [2.45, 2.75) is 18.9 Å². The van der Waals surface area contributed by atoms with Crippen molar-refractivity contribution in [3.63, 3.8) is 0 Å². The number of benzene rings is 1. The predicted octanol–water partition coefficient (Wildman–Crippen LogP) is 0.817. The Hall–Kier alpha value is -2.97. The Labute approximate surface area is 132 Å². The number of carbonyl (C=O) groups excluding carboxylic acids is 2. The molecule has 0 radical (unpaired) electrons. The zero-order valence-electron chi connectivity index (χ0n) is 12.7. The van der Waals surface area contributed by atoms with Gasteiger partial charge in [-0.3, -0.25) is 14.9 Å². The minimum atomic E-state index is -0.856. The molecular weight excluding hydrogens is 306 g/mol. The number of rotatable bonds is 8. The smallest absolute Gasteiger partial charge is 0.328 e. The lowest BCUT2D eigenvalue weighted by Crippen LogP contribution is -2.42. The number of ether oxygens (including phenoxy) is 1. The average molecular weight is 323 g/mol. The summed E-state index contributed by atoms with van der Waals surface area (Å²) in [7, 11) is 2.51. The van der Waals surface area contributed by atoms with Crippen molar-refractivity contribution in [2.24, 2.45) is 5.16 Å². The summed E-state index contributed by atoms with van der Waals surface area (Å²) in [5.74, 6) is -1.18. The molecule has 1 amide bonds. The molecule has 9 heteroatoms. The maximum Gasteiger partial charge on any atom is 0.328 e. The highest BCUT2D eigenvalue weighted by Crippen LogP contribution is 2.14. The van der Waals surface area contributed by atoms with Crippen LogP contribution in [0.2, 0.25) is 0 Å². The summed E-state index contributed by atoms with van der Waals surface area (Å²) in [5, 5.41) is 16.3. The normalized spacial score (nSPS) is 11.7. The van der Waals surface area contributed by atoms with E-state index < -0.39 is 22.8 Å². The highest BCUT2D eigenvalue weighted by molar-refractivity contribution is 6.26. The van der Waals surface area contributed by atoms with Crippen LogP contribution in [0.1, 0.15) is 12.0 Å². The molecule has 0 fully saturated rings. The second-order valence-corrected chi connectivity index (χ2v) is 4.46. The van der Waals surface area contributed by atoms with Crippen LogP contribution in [0, 0.1) is 10.1 Å². The quantitative estimate of drug-likeness (QED) is 0.327. The van der Waals surface area contributed by atoms with Crippen molar-refractivity contribution in [1.82, 2.24) is 5.32 Å². The van der Waals surface area contributed by atoms with Gasteiger partial charge in [-0.2, -0.15) is 0 Å². The highest BCUT2D eigenvalue weighted by Gasteiger charge is 2.20. The van der Waals surface area contributed by atoms with Crippen molar-refractivity contribution in [3.05, 3.63) is 39.9 Å². The number of aryl methyl sites for hydroxylation is 1. The number of nitrogens with one attached hydrogen (secondary N) is 1. The Morgan fingerprint density at radius 1 is 1.35 bits per heavy atom. The third-order valence-electron chi connectivity index (χ3n) is 2.95. The molecule has 9 nitrogen and oxygen atoms in total. The number of nitro benzene ring substituents is 1. The molecule has 0 spiro atoms. The van der Waals surface area contributed by atoms with Crippen molar-refractivity contribution in [3.8, 4) is 0 Å². The molecule has 0 aliphatic heterocycles. The van der Waals surface area contributed by atoms with E-state index in [-0.39, 0.29) is 12.1 Å². The Kier molecular flexibility index (Phi) is 7.18. The standard InChI is InChI=1S/C14H17N3O6/c1-22-14(19)12(16-13(18)9-15-23-2)8-5-10-3-6-11(7-4-10)17(20)21/h3-4,6-7,9,12H,5,8H2,1-2H3,(H,16,18)/b15-9+/t12-/m0/s1. The van der Waals surface area contributed by atoms with Crippen LogP contribution in [0.5, 0.6) is 0 Å². The number of nitrogens with zero attached hydrogens (tertiary/aromatic N) is 2. The van der Waals surface area contributed by atoms with E-state index in [1.165, 1.54) is 26.4 Å². The predicted molar refractivity (Wildman–Crippen MR) is 80.9 cm³/mol. The maximum absolute atomic E-state index is 11.7. The van der Waals surface area contributed by atoms with E-state index in [1.807, 2.05) is 0 Å². The van der Waals surface area contributed by atoms with Gasteiger partial charge in [-0.05, 0) is 18.4 Å². The lowest BCUT2D eigenvalue weighted by atomic mass is 10.0. The van der Waals surface area contributed by atoms with Crippen LogP contribution in [-0.4, -0.2) is 43.3 Å². The zero-order valence-corrected chi connectivity index (χ0v) is 12.7. The number of esters is 1. The SMILES string of the molecule is CO/N=C/C(=O)N[C@@H](CCc1ccc([N+](=O)[O-])cc1)C(=O)OC. The summed E-state index contributed by atoms with van der Waals surface area (Å²) in [6.07, 6.45) is 1.61. The second kappa shape index (κ2) is 9.13. The van der Waals surface area contributed by atoms with E-state index in [1.54, 1.807) is 12.1 Å². The third-order valence-corrected chi connectivity index (χ3v) is 2.95. The van der Waals surface area contributed by atoms with Gasteiger partial charge in [-0.15, -0.1) is 0 Å². The molecule has 0 heterocycles. The van der Waals surface area contributed by atoms with Crippen LogP contribution in [0.25, 0.3) is 0 Å². The molecule has 0 aliphatic carbocycles. The van der Waals surface area contributed by atoms with Crippen LogP contribution in [-0.2, 0) is 25.6 Å². The molecule has 0 aliphatic rings. The molecule has 0 saturated heterocycles. The minimum Gasteiger partial charge on any atom is -0.467 e. The molecule has 0 saturated carbocycles. The summed E-state index contributed by atoms with van der Waals surface area (Å²) in [6, 6.07) is 5.10. The van der Waals surface area contributed by atoms with Gasteiger partial charge in [-0.1, -0.05) is 17.3 Å². The summed E-state index contributed by atoms with van der Waals surface area (Å²) in [6.45, 7) is 0. The number of carbonyl (C=O) groups is 2. The van der Waals surface area contributed by atoms with E-state index >= 15 is 0 Å². The maximum atomic E-state index is 11.7. The van der Waals surface area contributed by atoms with Gasteiger partial charge in [0.2, 0.25) is 0 Å². The van der Waals surface area contributed by atoms with Crippen molar-refractivity contribution in [1.29, 1.82) is 0 Å². The molecule has 1 N–H and O–H groups in total. The van der Waals surface area contributed by atoms with Gasteiger partial charge < -0.3 is 14.9 Å². The molecular formula is C14H17N3O6. The number of methoxy groups -OCH3 is 1. The fourth-order valence-corrected chi connectivity index (χ4v) is 1.80. The summed E-state index contributed by atoms with van der Waals surface area (Å²) >= 11 is 0. The first-order valence-corrected chi connectivity index (χ1v) is 6.66. The van der Waals surface area contributed by atoms with E-state index in [0.717, 1.165) is 11.8 Å². The van der Waals surface area contributed by atoms with E-state index in [9.17, 15) is 19.7 Å². The Balaban J connectivity index is 2.66. The topological polar surface area (TPSA) is 120 Å². The van der Waals surface area contributed by atoms with E-state index in [2.05, 4.69) is 20.0 Å². The van der Waals surface area contributed by atoms with Gasteiger partial charge in [0.25, 0.3) is 11.6 Å². The van der Waals surface area contributed by atoms with Gasteiger partial charge in [0, 0.05) is 12.1 Å². The van der Waals surface area contributed by atoms with Crippen molar-refractivity contribution in [2.75, 3.05) is 14.2 Å². The van der Waals surface area contributed by atoms with E-state index in [4.69, 9.17) is 0 Å². The molecule has 23 heavy (non-hydrogen) atoms. The third kappa shape index (κ3) is 6.12. The minimum absolute atomic E-state index is 0.0117. The fraction of sp³-hybridized carbons (Fsp3) is 0.357. The van der Waals surface area contributed by atoms with Gasteiger partial charge in [-0.25, -0.2) is 4.79 Å². The molecule has 1 aromatic rings.